The highest BCUT2D eigenvalue weighted by Crippen LogP contribution is 2.32. The van der Waals surface area contributed by atoms with Gasteiger partial charge in [0.2, 0.25) is 0 Å². The van der Waals surface area contributed by atoms with Crippen molar-refractivity contribution in [2.45, 2.75) is 12.8 Å². The average molecular weight is 221 g/mol. The molecule has 2 atom stereocenters. The van der Waals surface area contributed by atoms with Gasteiger partial charge in [0, 0.05) is 24.6 Å². The fourth-order valence-electron chi connectivity index (χ4n) is 1.97. The van der Waals surface area contributed by atoms with E-state index in [0.717, 1.165) is 25.4 Å². The molecule has 1 aliphatic heterocycles. The molecule has 1 aromatic carbocycles. The van der Waals surface area contributed by atoms with Gasteiger partial charge in [-0.05, 0) is 18.5 Å². The molecular weight excluding hydrogens is 202 g/mol. The Labute approximate surface area is 96.4 Å². The quantitative estimate of drug-likeness (QED) is 0.789. The lowest BCUT2D eigenvalue weighted by atomic mass is 10.0. The van der Waals surface area contributed by atoms with Crippen molar-refractivity contribution >= 4 is 0 Å². The van der Waals surface area contributed by atoms with Crippen molar-refractivity contribution in [1.29, 1.82) is 0 Å². The molecule has 0 saturated heterocycles. The summed E-state index contributed by atoms with van der Waals surface area (Å²) in [7, 11) is 0. The minimum absolute atomic E-state index is 0.241. The lowest BCUT2D eigenvalue weighted by molar-refractivity contribution is 0.232. The summed E-state index contributed by atoms with van der Waals surface area (Å²) in [5, 5.41) is 12.3. The maximum Gasteiger partial charge on any atom is 0.122 e. The van der Waals surface area contributed by atoms with Crippen LogP contribution in [0.25, 0.3) is 0 Å². The van der Waals surface area contributed by atoms with Crippen LogP contribution in [0.5, 0.6) is 5.75 Å². The molecule has 1 aliphatic rings. The van der Waals surface area contributed by atoms with E-state index in [4.69, 9.17) is 9.84 Å². The number of para-hydroxylation sites is 1. The van der Waals surface area contributed by atoms with Gasteiger partial charge in [-0.25, -0.2) is 0 Å². The van der Waals surface area contributed by atoms with Crippen LogP contribution in [0.4, 0.5) is 0 Å². The first-order chi connectivity index (χ1) is 7.81. The Balaban J connectivity index is 1.84. The molecule has 3 nitrogen and oxygen atoms in total. The lowest BCUT2D eigenvalue weighted by Crippen LogP contribution is -2.28. The van der Waals surface area contributed by atoms with Gasteiger partial charge in [-0.1, -0.05) is 25.1 Å². The normalized spacial score (nSPS) is 20.2. The van der Waals surface area contributed by atoms with Gasteiger partial charge in [-0.15, -0.1) is 0 Å². The van der Waals surface area contributed by atoms with Crippen LogP contribution in [-0.4, -0.2) is 31.4 Å². The molecule has 0 aromatic heterocycles. The number of aliphatic hydroxyl groups excluding tert-OH is 1. The largest absolute Gasteiger partial charge is 0.493 e. The van der Waals surface area contributed by atoms with Crippen molar-refractivity contribution in [2.24, 2.45) is 5.92 Å². The third-order valence-corrected chi connectivity index (χ3v) is 2.99. The van der Waals surface area contributed by atoms with Crippen molar-refractivity contribution in [3.05, 3.63) is 29.8 Å². The van der Waals surface area contributed by atoms with E-state index in [1.54, 1.807) is 0 Å². The van der Waals surface area contributed by atoms with Gasteiger partial charge in [-0.3, -0.25) is 0 Å². The first-order valence-corrected chi connectivity index (χ1v) is 5.84. The Hall–Kier alpha value is -1.06. The standard InChI is InChI=1S/C13H19NO2/c1-10(8-15)6-14-7-11-9-16-13-5-3-2-4-12(11)13/h2-5,10-11,14-15H,6-9H2,1H3. The van der Waals surface area contributed by atoms with E-state index in [1.807, 2.05) is 19.1 Å². The molecule has 2 unspecified atom stereocenters. The Kier molecular flexibility index (Phi) is 3.80. The van der Waals surface area contributed by atoms with Gasteiger partial charge in [0.1, 0.15) is 5.75 Å². The summed E-state index contributed by atoms with van der Waals surface area (Å²) >= 11 is 0. The van der Waals surface area contributed by atoms with E-state index in [-0.39, 0.29) is 6.61 Å². The van der Waals surface area contributed by atoms with Gasteiger partial charge in [-0.2, -0.15) is 0 Å². The third kappa shape index (κ3) is 2.54. The Morgan fingerprint density at radius 3 is 3.12 bits per heavy atom. The summed E-state index contributed by atoms with van der Waals surface area (Å²) in [5.41, 5.74) is 1.30. The smallest absolute Gasteiger partial charge is 0.122 e. The number of benzene rings is 1. The van der Waals surface area contributed by atoms with E-state index in [1.165, 1.54) is 5.56 Å². The molecule has 0 aliphatic carbocycles. The molecule has 2 rings (SSSR count). The number of nitrogens with one attached hydrogen (secondary N) is 1. The van der Waals surface area contributed by atoms with Crippen LogP contribution < -0.4 is 10.1 Å². The zero-order valence-corrected chi connectivity index (χ0v) is 9.65. The van der Waals surface area contributed by atoms with Crippen molar-refractivity contribution < 1.29 is 9.84 Å². The SMILES string of the molecule is CC(CO)CNCC1COc2ccccc21. The average Bonchev–Trinajstić information content (AvgIpc) is 2.73. The summed E-state index contributed by atoms with van der Waals surface area (Å²) < 4.78 is 5.61. The first-order valence-electron chi connectivity index (χ1n) is 5.84. The fraction of sp³-hybridized carbons (Fsp3) is 0.538. The highest BCUT2D eigenvalue weighted by Gasteiger charge is 2.22. The van der Waals surface area contributed by atoms with Crippen LogP contribution in [0.2, 0.25) is 0 Å². The van der Waals surface area contributed by atoms with E-state index >= 15 is 0 Å². The topological polar surface area (TPSA) is 41.5 Å². The maximum atomic E-state index is 8.92. The van der Waals surface area contributed by atoms with Crippen LogP contribution in [0.1, 0.15) is 18.4 Å². The number of rotatable bonds is 5. The molecule has 0 radical (unpaired) electrons. The number of ether oxygens (including phenoxy) is 1. The highest BCUT2D eigenvalue weighted by molar-refractivity contribution is 5.39. The van der Waals surface area contributed by atoms with Crippen LogP contribution >= 0.6 is 0 Å². The van der Waals surface area contributed by atoms with Crippen molar-refractivity contribution in [3.63, 3.8) is 0 Å². The molecule has 1 aromatic rings. The summed E-state index contributed by atoms with van der Waals surface area (Å²) in [5.74, 6) is 1.78. The predicted molar refractivity (Wildman–Crippen MR) is 63.8 cm³/mol. The molecule has 0 fully saturated rings. The molecule has 0 saturated carbocycles. The van der Waals surface area contributed by atoms with E-state index in [2.05, 4.69) is 17.4 Å². The number of hydrogen-bond acceptors (Lipinski definition) is 3. The molecular formula is C13H19NO2. The number of aliphatic hydroxyl groups is 1. The zero-order valence-electron chi connectivity index (χ0n) is 9.65. The van der Waals surface area contributed by atoms with E-state index in [9.17, 15) is 0 Å². The van der Waals surface area contributed by atoms with Gasteiger partial charge >= 0.3 is 0 Å². The summed E-state index contributed by atoms with van der Waals surface area (Å²) in [4.78, 5) is 0. The number of hydrogen-bond donors (Lipinski definition) is 2. The summed E-state index contributed by atoms with van der Waals surface area (Å²) in [6, 6.07) is 8.20. The van der Waals surface area contributed by atoms with Gasteiger partial charge in [0.25, 0.3) is 0 Å². The van der Waals surface area contributed by atoms with Crippen LogP contribution in [0.15, 0.2) is 24.3 Å². The van der Waals surface area contributed by atoms with Crippen molar-refractivity contribution in [2.75, 3.05) is 26.3 Å². The Morgan fingerprint density at radius 1 is 1.50 bits per heavy atom. The third-order valence-electron chi connectivity index (χ3n) is 2.99. The van der Waals surface area contributed by atoms with Crippen LogP contribution in [-0.2, 0) is 0 Å². The van der Waals surface area contributed by atoms with Gasteiger partial charge < -0.3 is 15.2 Å². The Bertz CT molecular complexity index is 340. The molecule has 0 amide bonds. The monoisotopic (exact) mass is 221 g/mol. The second kappa shape index (κ2) is 5.32. The van der Waals surface area contributed by atoms with E-state index in [0.29, 0.717) is 11.8 Å². The van der Waals surface area contributed by atoms with Crippen molar-refractivity contribution in [3.8, 4) is 5.75 Å². The molecule has 2 N–H and O–H groups in total. The molecule has 88 valence electrons. The fourth-order valence-corrected chi connectivity index (χ4v) is 1.97. The minimum atomic E-state index is 0.241. The maximum absolute atomic E-state index is 8.92. The summed E-state index contributed by atoms with van der Waals surface area (Å²) in [6.45, 7) is 4.81. The number of fused-ring (bicyclic) bond motifs is 1. The van der Waals surface area contributed by atoms with Crippen LogP contribution in [0, 0.1) is 5.92 Å². The lowest BCUT2D eigenvalue weighted by Gasteiger charge is -2.13. The first kappa shape index (κ1) is 11.4. The highest BCUT2D eigenvalue weighted by atomic mass is 16.5. The van der Waals surface area contributed by atoms with Gasteiger partial charge in [0.05, 0.1) is 6.61 Å². The van der Waals surface area contributed by atoms with Crippen molar-refractivity contribution in [1.82, 2.24) is 5.32 Å². The molecule has 0 spiro atoms. The zero-order chi connectivity index (χ0) is 11.4. The Morgan fingerprint density at radius 2 is 2.31 bits per heavy atom. The molecule has 16 heavy (non-hydrogen) atoms. The second-order valence-electron chi connectivity index (χ2n) is 4.49. The van der Waals surface area contributed by atoms with Crippen LogP contribution in [0.3, 0.4) is 0 Å². The molecule has 1 heterocycles. The predicted octanol–water partition coefficient (Wildman–Crippen LogP) is 1.38. The van der Waals surface area contributed by atoms with E-state index < -0.39 is 0 Å². The molecule has 3 heteroatoms. The van der Waals surface area contributed by atoms with Gasteiger partial charge in [0.15, 0.2) is 0 Å². The second-order valence-corrected chi connectivity index (χ2v) is 4.49. The summed E-state index contributed by atoms with van der Waals surface area (Å²) in [6.07, 6.45) is 0. The molecule has 0 bridgehead atoms. The minimum Gasteiger partial charge on any atom is -0.493 e.